The van der Waals surface area contributed by atoms with Crippen LogP contribution in [0.4, 0.5) is 14.7 Å². The van der Waals surface area contributed by atoms with Gasteiger partial charge in [0.15, 0.2) is 0 Å². The fraction of sp³-hybridized carbons (Fsp3) is 0.136. The number of anilines is 1. The van der Waals surface area contributed by atoms with E-state index in [4.69, 9.17) is 0 Å². The number of aryl methyl sites for hydroxylation is 1. The van der Waals surface area contributed by atoms with E-state index >= 15 is 0 Å². The van der Waals surface area contributed by atoms with E-state index in [1.54, 1.807) is 35.3 Å². The highest BCUT2D eigenvalue weighted by Crippen LogP contribution is 2.30. The molecule has 0 atom stereocenters. The molecule has 29 heavy (non-hydrogen) atoms. The number of nitrogens with one attached hydrogen (secondary N) is 1. The Morgan fingerprint density at radius 1 is 0.931 bits per heavy atom. The average molecular weight is 391 g/mol. The van der Waals surface area contributed by atoms with Crippen molar-refractivity contribution in [1.82, 2.24) is 19.5 Å². The van der Waals surface area contributed by atoms with E-state index in [1.165, 1.54) is 12.1 Å². The van der Waals surface area contributed by atoms with Crippen LogP contribution in [0.1, 0.15) is 5.56 Å². The molecule has 2 heterocycles. The molecule has 0 saturated heterocycles. The Hall–Kier alpha value is -3.61. The highest BCUT2D eigenvalue weighted by atomic mass is 19.1. The Labute approximate surface area is 167 Å². The van der Waals surface area contributed by atoms with Crippen molar-refractivity contribution in [2.75, 3.05) is 12.0 Å². The number of nitrogens with zero attached hydrogens (tertiary/aromatic N) is 4. The van der Waals surface area contributed by atoms with Crippen molar-refractivity contribution < 1.29 is 8.78 Å². The molecule has 0 fully saturated rings. The standard InChI is InChI=1S/C22H19F2N5/c23-11-13-29-15-27-20(17-6-8-18(24)9-7-17)21(29)19-10-12-25-22(28-19)26-14-16-4-2-1-3-5-16/h1-10,12,15H,11,13-14H2,(H,25,26,28). The summed E-state index contributed by atoms with van der Waals surface area (Å²) in [7, 11) is 0. The SMILES string of the molecule is FCCn1cnc(-c2ccc(F)cc2)c1-c1ccnc(NCc2ccccc2)n1. The molecule has 0 bridgehead atoms. The highest BCUT2D eigenvalue weighted by Gasteiger charge is 2.17. The van der Waals surface area contributed by atoms with Crippen molar-refractivity contribution in [2.24, 2.45) is 0 Å². The van der Waals surface area contributed by atoms with Gasteiger partial charge < -0.3 is 9.88 Å². The molecule has 7 heteroatoms. The number of hydrogen-bond donors (Lipinski definition) is 1. The maximum atomic E-state index is 13.3. The number of imidazole rings is 1. The van der Waals surface area contributed by atoms with Crippen LogP contribution in [0.25, 0.3) is 22.6 Å². The third-order valence-electron chi connectivity index (χ3n) is 4.47. The Bertz CT molecular complexity index is 1080. The zero-order valence-corrected chi connectivity index (χ0v) is 15.6. The van der Waals surface area contributed by atoms with Crippen LogP contribution in [0.2, 0.25) is 0 Å². The minimum atomic E-state index is -0.531. The van der Waals surface area contributed by atoms with Gasteiger partial charge in [0.2, 0.25) is 5.95 Å². The summed E-state index contributed by atoms with van der Waals surface area (Å²) in [4.78, 5) is 13.3. The van der Waals surface area contributed by atoms with Crippen LogP contribution < -0.4 is 5.32 Å². The molecule has 146 valence electrons. The molecule has 1 N–H and O–H groups in total. The van der Waals surface area contributed by atoms with Gasteiger partial charge in [-0.15, -0.1) is 0 Å². The second-order valence-corrected chi connectivity index (χ2v) is 6.44. The van der Waals surface area contributed by atoms with Crippen LogP contribution >= 0.6 is 0 Å². The fourth-order valence-corrected chi connectivity index (χ4v) is 3.08. The van der Waals surface area contributed by atoms with Gasteiger partial charge in [-0.25, -0.2) is 23.7 Å². The molecule has 0 saturated carbocycles. The molecular formula is C22H19F2N5. The van der Waals surface area contributed by atoms with Crippen molar-refractivity contribution in [3.8, 4) is 22.6 Å². The lowest BCUT2D eigenvalue weighted by Crippen LogP contribution is -2.06. The van der Waals surface area contributed by atoms with Gasteiger partial charge in [-0.3, -0.25) is 0 Å². The van der Waals surface area contributed by atoms with Crippen LogP contribution in [0.15, 0.2) is 73.2 Å². The second-order valence-electron chi connectivity index (χ2n) is 6.44. The minimum absolute atomic E-state index is 0.153. The Kier molecular flexibility index (Phi) is 5.56. The highest BCUT2D eigenvalue weighted by molar-refractivity contribution is 5.77. The van der Waals surface area contributed by atoms with Crippen molar-refractivity contribution in [1.29, 1.82) is 0 Å². The normalized spacial score (nSPS) is 10.8. The molecular weight excluding hydrogens is 372 g/mol. The second kappa shape index (κ2) is 8.60. The van der Waals surface area contributed by atoms with Gasteiger partial charge >= 0.3 is 0 Å². The van der Waals surface area contributed by atoms with Crippen LogP contribution in [-0.4, -0.2) is 26.2 Å². The number of aromatic nitrogens is 4. The molecule has 0 spiro atoms. The Morgan fingerprint density at radius 2 is 1.72 bits per heavy atom. The predicted molar refractivity (Wildman–Crippen MR) is 108 cm³/mol. The summed E-state index contributed by atoms with van der Waals surface area (Å²) in [6.07, 6.45) is 3.23. The number of rotatable bonds is 7. The molecule has 5 nitrogen and oxygen atoms in total. The zero-order chi connectivity index (χ0) is 20.1. The first kappa shape index (κ1) is 18.7. The Balaban J connectivity index is 1.68. The van der Waals surface area contributed by atoms with E-state index in [0.29, 0.717) is 29.6 Å². The van der Waals surface area contributed by atoms with Gasteiger partial charge in [-0.2, -0.15) is 0 Å². The largest absolute Gasteiger partial charge is 0.350 e. The van der Waals surface area contributed by atoms with E-state index in [2.05, 4.69) is 20.3 Å². The van der Waals surface area contributed by atoms with Crippen molar-refractivity contribution in [2.45, 2.75) is 13.1 Å². The lowest BCUT2D eigenvalue weighted by molar-refractivity contribution is 0.447. The minimum Gasteiger partial charge on any atom is -0.350 e. The lowest BCUT2D eigenvalue weighted by Gasteiger charge is -2.10. The van der Waals surface area contributed by atoms with Crippen LogP contribution in [-0.2, 0) is 13.1 Å². The van der Waals surface area contributed by atoms with Gasteiger partial charge in [0, 0.05) is 18.3 Å². The molecule has 2 aromatic heterocycles. The summed E-state index contributed by atoms with van der Waals surface area (Å²) < 4.78 is 28.1. The first-order chi connectivity index (χ1) is 14.2. The molecule has 4 rings (SSSR count). The zero-order valence-electron chi connectivity index (χ0n) is 15.6. The quantitative estimate of drug-likeness (QED) is 0.495. The summed E-state index contributed by atoms with van der Waals surface area (Å²) >= 11 is 0. The molecule has 0 unspecified atom stereocenters. The summed E-state index contributed by atoms with van der Waals surface area (Å²) in [5.74, 6) is 0.136. The molecule has 2 aromatic carbocycles. The van der Waals surface area contributed by atoms with Crippen molar-refractivity contribution in [3.05, 3.63) is 84.6 Å². The maximum absolute atomic E-state index is 13.3. The van der Waals surface area contributed by atoms with Gasteiger partial charge in [-0.05, 0) is 35.9 Å². The van der Waals surface area contributed by atoms with Crippen LogP contribution in [0.3, 0.4) is 0 Å². The van der Waals surface area contributed by atoms with Gasteiger partial charge in [0.05, 0.1) is 30.0 Å². The van der Waals surface area contributed by atoms with Crippen LogP contribution in [0.5, 0.6) is 0 Å². The van der Waals surface area contributed by atoms with Gasteiger partial charge in [0.25, 0.3) is 0 Å². The number of benzene rings is 2. The van der Waals surface area contributed by atoms with Crippen molar-refractivity contribution >= 4 is 5.95 Å². The molecule has 0 radical (unpaired) electrons. The van der Waals surface area contributed by atoms with Crippen molar-refractivity contribution in [3.63, 3.8) is 0 Å². The van der Waals surface area contributed by atoms with E-state index in [-0.39, 0.29) is 12.4 Å². The summed E-state index contributed by atoms with van der Waals surface area (Å²) in [6.45, 7) is 0.204. The summed E-state index contributed by atoms with van der Waals surface area (Å²) in [5.41, 5.74) is 3.74. The third-order valence-corrected chi connectivity index (χ3v) is 4.47. The molecule has 4 aromatic rings. The molecule has 0 aliphatic heterocycles. The molecule has 0 amide bonds. The number of alkyl halides is 1. The summed E-state index contributed by atoms with van der Waals surface area (Å²) in [5, 5.41) is 3.21. The number of halogens is 2. The van der Waals surface area contributed by atoms with Crippen LogP contribution in [0, 0.1) is 5.82 Å². The average Bonchev–Trinajstić information content (AvgIpc) is 3.18. The van der Waals surface area contributed by atoms with E-state index in [1.807, 2.05) is 30.3 Å². The lowest BCUT2D eigenvalue weighted by atomic mass is 10.1. The number of hydrogen-bond acceptors (Lipinski definition) is 4. The third kappa shape index (κ3) is 4.29. The first-order valence-electron chi connectivity index (χ1n) is 9.23. The monoisotopic (exact) mass is 391 g/mol. The smallest absolute Gasteiger partial charge is 0.223 e. The first-order valence-corrected chi connectivity index (χ1v) is 9.23. The molecule has 0 aliphatic carbocycles. The molecule has 0 aliphatic rings. The Morgan fingerprint density at radius 3 is 2.48 bits per heavy atom. The topological polar surface area (TPSA) is 55.6 Å². The van der Waals surface area contributed by atoms with Gasteiger partial charge in [0.1, 0.15) is 12.5 Å². The predicted octanol–water partition coefficient (Wildman–Crippen LogP) is 4.73. The summed E-state index contributed by atoms with van der Waals surface area (Å²) in [6, 6.07) is 17.7. The van der Waals surface area contributed by atoms with E-state index in [9.17, 15) is 8.78 Å². The fourth-order valence-electron chi connectivity index (χ4n) is 3.08. The van der Waals surface area contributed by atoms with E-state index < -0.39 is 6.67 Å². The van der Waals surface area contributed by atoms with E-state index in [0.717, 1.165) is 11.1 Å². The maximum Gasteiger partial charge on any atom is 0.223 e. The van der Waals surface area contributed by atoms with Gasteiger partial charge in [-0.1, -0.05) is 30.3 Å².